The second kappa shape index (κ2) is 6.05. The molecule has 0 saturated carbocycles. The molecule has 18 heavy (non-hydrogen) atoms. The fraction of sp³-hybridized carbons (Fsp3) is 0.500. The maximum absolute atomic E-state index is 13.4. The molecular formula is C14H16F2O2. The van der Waals surface area contributed by atoms with Crippen LogP contribution in [-0.4, -0.2) is 18.5 Å². The summed E-state index contributed by atoms with van der Waals surface area (Å²) in [6.45, 7) is 0.687. The number of carbonyl (C=O) groups excluding carboxylic acids is 1. The van der Waals surface area contributed by atoms with Crippen molar-refractivity contribution in [1.82, 2.24) is 0 Å². The van der Waals surface area contributed by atoms with Crippen LogP contribution in [0.1, 0.15) is 31.2 Å². The predicted molar refractivity (Wildman–Crippen MR) is 63.3 cm³/mol. The molecular weight excluding hydrogens is 238 g/mol. The van der Waals surface area contributed by atoms with Gasteiger partial charge in [0, 0.05) is 19.4 Å². The molecule has 0 amide bonds. The molecule has 0 bridgehead atoms. The van der Waals surface area contributed by atoms with E-state index in [0.717, 1.165) is 25.3 Å². The van der Waals surface area contributed by atoms with Crippen molar-refractivity contribution in [3.8, 4) is 0 Å². The standard InChI is InChI=1S/C14H16F2O2/c15-13-6-3-4-10(14(13)16)8-11(17)9-12-5-1-2-7-18-12/h3-4,6,12H,1-2,5,7-9H2. The van der Waals surface area contributed by atoms with Crippen LogP contribution in [-0.2, 0) is 16.0 Å². The first-order chi connectivity index (χ1) is 8.66. The molecule has 0 aromatic heterocycles. The molecule has 2 rings (SSSR count). The summed E-state index contributed by atoms with van der Waals surface area (Å²) in [6, 6.07) is 3.91. The number of hydrogen-bond acceptors (Lipinski definition) is 2. The van der Waals surface area contributed by atoms with Crippen molar-refractivity contribution in [2.75, 3.05) is 6.61 Å². The van der Waals surface area contributed by atoms with Gasteiger partial charge in [-0.05, 0) is 30.9 Å². The fourth-order valence-corrected chi connectivity index (χ4v) is 2.19. The van der Waals surface area contributed by atoms with Crippen molar-refractivity contribution < 1.29 is 18.3 Å². The molecule has 1 aliphatic rings. The SMILES string of the molecule is O=C(Cc1cccc(F)c1F)CC1CCCCO1. The van der Waals surface area contributed by atoms with Gasteiger partial charge in [0.1, 0.15) is 5.78 Å². The Balaban J connectivity index is 1.92. The molecule has 1 atom stereocenters. The van der Waals surface area contributed by atoms with Crippen molar-refractivity contribution in [3.63, 3.8) is 0 Å². The van der Waals surface area contributed by atoms with Crippen molar-refractivity contribution in [2.24, 2.45) is 0 Å². The van der Waals surface area contributed by atoms with Gasteiger partial charge in [0.25, 0.3) is 0 Å². The van der Waals surface area contributed by atoms with Gasteiger partial charge in [-0.1, -0.05) is 12.1 Å². The molecule has 1 aliphatic heterocycles. The molecule has 0 spiro atoms. The molecule has 1 saturated heterocycles. The fourth-order valence-electron chi connectivity index (χ4n) is 2.19. The lowest BCUT2D eigenvalue weighted by Gasteiger charge is -2.21. The van der Waals surface area contributed by atoms with E-state index >= 15 is 0 Å². The van der Waals surface area contributed by atoms with E-state index in [-0.39, 0.29) is 30.3 Å². The van der Waals surface area contributed by atoms with E-state index < -0.39 is 11.6 Å². The Kier molecular flexibility index (Phi) is 4.42. The Labute approximate surface area is 105 Å². The lowest BCUT2D eigenvalue weighted by Crippen LogP contribution is -2.23. The minimum absolute atomic E-state index is 0.0529. The van der Waals surface area contributed by atoms with E-state index in [2.05, 4.69) is 0 Å². The van der Waals surface area contributed by atoms with E-state index in [1.165, 1.54) is 12.1 Å². The molecule has 1 fully saturated rings. The third kappa shape index (κ3) is 3.35. The zero-order valence-corrected chi connectivity index (χ0v) is 10.1. The van der Waals surface area contributed by atoms with Gasteiger partial charge in [0.05, 0.1) is 6.10 Å². The largest absolute Gasteiger partial charge is 0.378 e. The van der Waals surface area contributed by atoms with E-state index in [9.17, 15) is 13.6 Å². The molecule has 2 nitrogen and oxygen atoms in total. The minimum atomic E-state index is -0.921. The first-order valence-electron chi connectivity index (χ1n) is 6.23. The van der Waals surface area contributed by atoms with Gasteiger partial charge < -0.3 is 4.74 Å². The Morgan fingerprint density at radius 3 is 2.89 bits per heavy atom. The summed E-state index contributed by atoms with van der Waals surface area (Å²) in [5.41, 5.74) is 0.121. The lowest BCUT2D eigenvalue weighted by molar-refractivity contribution is -0.122. The highest BCUT2D eigenvalue weighted by atomic mass is 19.2. The van der Waals surface area contributed by atoms with Crippen LogP contribution < -0.4 is 0 Å². The van der Waals surface area contributed by atoms with Gasteiger partial charge in [-0.2, -0.15) is 0 Å². The highest BCUT2D eigenvalue weighted by Crippen LogP contribution is 2.18. The number of ketones is 1. The quantitative estimate of drug-likeness (QED) is 0.825. The second-order valence-electron chi connectivity index (χ2n) is 4.62. The predicted octanol–water partition coefficient (Wildman–Crippen LogP) is 3.04. The number of Topliss-reactive ketones (excluding diaryl/α,β-unsaturated/α-hetero) is 1. The maximum Gasteiger partial charge on any atom is 0.162 e. The Hall–Kier alpha value is -1.29. The monoisotopic (exact) mass is 254 g/mol. The molecule has 1 unspecified atom stereocenters. The van der Waals surface area contributed by atoms with Crippen molar-refractivity contribution in [2.45, 2.75) is 38.2 Å². The third-order valence-corrected chi connectivity index (χ3v) is 3.15. The summed E-state index contributed by atoms with van der Waals surface area (Å²) in [6.07, 6.45) is 3.13. The summed E-state index contributed by atoms with van der Waals surface area (Å²) in [5, 5.41) is 0. The average molecular weight is 254 g/mol. The minimum Gasteiger partial charge on any atom is -0.378 e. The lowest BCUT2D eigenvalue weighted by atomic mass is 10.00. The summed E-state index contributed by atoms with van der Waals surface area (Å²) >= 11 is 0. The van der Waals surface area contributed by atoms with Crippen LogP contribution in [0.15, 0.2) is 18.2 Å². The number of ether oxygens (including phenoxy) is 1. The maximum atomic E-state index is 13.4. The first kappa shape index (κ1) is 13.1. The van der Waals surface area contributed by atoms with Crippen LogP contribution >= 0.6 is 0 Å². The van der Waals surface area contributed by atoms with Crippen LogP contribution in [0.5, 0.6) is 0 Å². The van der Waals surface area contributed by atoms with Gasteiger partial charge in [0.15, 0.2) is 11.6 Å². The van der Waals surface area contributed by atoms with Gasteiger partial charge in [-0.25, -0.2) is 8.78 Å². The van der Waals surface area contributed by atoms with Gasteiger partial charge >= 0.3 is 0 Å². The molecule has 4 heteroatoms. The van der Waals surface area contributed by atoms with E-state index in [1.807, 2.05) is 0 Å². The summed E-state index contributed by atoms with van der Waals surface area (Å²) in [5.74, 6) is -1.93. The van der Waals surface area contributed by atoms with E-state index in [4.69, 9.17) is 4.74 Å². The van der Waals surface area contributed by atoms with Crippen LogP contribution in [0.2, 0.25) is 0 Å². The first-order valence-corrected chi connectivity index (χ1v) is 6.23. The van der Waals surface area contributed by atoms with E-state index in [0.29, 0.717) is 6.61 Å². The summed E-state index contributed by atoms with van der Waals surface area (Å²) in [4.78, 5) is 11.8. The second-order valence-corrected chi connectivity index (χ2v) is 4.62. The van der Waals surface area contributed by atoms with Crippen molar-refractivity contribution in [3.05, 3.63) is 35.4 Å². The Morgan fingerprint density at radius 1 is 1.33 bits per heavy atom. The highest BCUT2D eigenvalue weighted by Gasteiger charge is 2.19. The summed E-state index contributed by atoms with van der Waals surface area (Å²) < 4.78 is 31.8. The number of hydrogen-bond donors (Lipinski definition) is 0. The van der Waals surface area contributed by atoms with E-state index in [1.54, 1.807) is 0 Å². The molecule has 0 aliphatic carbocycles. The number of halogens is 2. The topological polar surface area (TPSA) is 26.3 Å². The van der Waals surface area contributed by atoms with Crippen LogP contribution in [0.4, 0.5) is 8.78 Å². The van der Waals surface area contributed by atoms with Crippen molar-refractivity contribution >= 4 is 5.78 Å². The molecule has 1 aromatic rings. The van der Waals surface area contributed by atoms with Gasteiger partial charge in [-0.3, -0.25) is 4.79 Å². The van der Waals surface area contributed by atoms with Crippen LogP contribution in [0.3, 0.4) is 0 Å². The number of benzene rings is 1. The van der Waals surface area contributed by atoms with Crippen molar-refractivity contribution in [1.29, 1.82) is 0 Å². The van der Waals surface area contributed by atoms with Gasteiger partial charge in [0.2, 0.25) is 0 Å². The molecule has 1 heterocycles. The number of carbonyl (C=O) groups is 1. The zero-order chi connectivity index (χ0) is 13.0. The van der Waals surface area contributed by atoms with Crippen LogP contribution in [0.25, 0.3) is 0 Å². The molecule has 0 radical (unpaired) electrons. The smallest absolute Gasteiger partial charge is 0.162 e. The molecule has 0 N–H and O–H groups in total. The average Bonchev–Trinajstić information content (AvgIpc) is 2.36. The zero-order valence-electron chi connectivity index (χ0n) is 10.1. The van der Waals surface area contributed by atoms with Crippen LogP contribution in [0, 0.1) is 11.6 Å². The molecule has 98 valence electrons. The Morgan fingerprint density at radius 2 is 2.17 bits per heavy atom. The Bertz CT molecular complexity index is 426. The normalized spacial score (nSPS) is 19.8. The highest BCUT2D eigenvalue weighted by molar-refractivity contribution is 5.81. The third-order valence-electron chi connectivity index (χ3n) is 3.15. The molecule has 1 aromatic carbocycles. The van der Waals surface area contributed by atoms with Gasteiger partial charge in [-0.15, -0.1) is 0 Å². The number of rotatable bonds is 4. The summed E-state index contributed by atoms with van der Waals surface area (Å²) in [7, 11) is 0.